The molecule has 1 rings (SSSR count). The van der Waals surface area contributed by atoms with Gasteiger partial charge in [0, 0.05) is 19.0 Å². The third-order valence-corrected chi connectivity index (χ3v) is 2.95. The maximum absolute atomic E-state index is 11.4. The molecule has 0 saturated carbocycles. The molecule has 0 radical (unpaired) electrons. The fourth-order valence-electron chi connectivity index (χ4n) is 0.946. The standard InChI is InChI=1S/C8H13N3O3S/c12-6-1-2-7-15(13,14)11-8-9-4-3-5-10-8/h3-5,12H,1-2,6-7H2,(H,9,10,11). The molecule has 0 saturated heterocycles. The molecule has 15 heavy (non-hydrogen) atoms. The summed E-state index contributed by atoms with van der Waals surface area (Å²) in [4.78, 5) is 7.48. The zero-order valence-corrected chi connectivity index (χ0v) is 8.94. The minimum atomic E-state index is -3.39. The molecule has 1 aromatic rings. The molecule has 0 bridgehead atoms. The quantitative estimate of drug-likeness (QED) is 0.672. The highest BCUT2D eigenvalue weighted by atomic mass is 32.2. The summed E-state index contributed by atoms with van der Waals surface area (Å²) >= 11 is 0. The van der Waals surface area contributed by atoms with Gasteiger partial charge in [-0.2, -0.15) is 0 Å². The van der Waals surface area contributed by atoms with Crippen molar-refractivity contribution < 1.29 is 13.5 Å². The van der Waals surface area contributed by atoms with Crippen LogP contribution in [-0.2, 0) is 10.0 Å². The van der Waals surface area contributed by atoms with Gasteiger partial charge in [-0.15, -0.1) is 0 Å². The number of anilines is 1. The van der Waals surface area contributed by atoms with Crippen LogP contribution in [0, 0.1) is 0 Å². The average molecular weight is 231 g/mol. The fraction of sp³-hybridized carbons (Fsp3) is 0.500. The molecule has 0 fully saturated rings. The molecule has 6 nitrogen and oxygen atoms in total. The first-order valence-corrected chi connectivity index (χ1v) is 6.17. The van der Waals surface area contributed by atoms with Gasteiger partial charge in [-0.3, -0.25) is 4.72 Å². The number of aliphatic hydroxyl groups is 1. The van der Waals surface area contributed by atoms with E-state index in [-0.39, 0.29) is 18.3 Å². The third-order valence-electron chi connectivity index (χ3n) is 1.63. The Bertz CT molecular complexity index is 379. The molecule has 0 aliphatic carbocycles. The molecule has 0 aliphatic heterocycles. The van der Waals surface area contributed by atoms with Crippen LogP contribution >= 0.6 is 0 Å². The SMILES string of the molecule is O=S(=O)(CCCCO)Nc1ncccn1. The normalized spacial score (nSPS) is 11.3. The van der Waals surface area contributed by atoms with Crippen molar-refractivity contribution in [1.29, 1.82) is 0 Å². The maximum Gasteiger partial charge on any atom is 0.236 e. The molecular weight excluding hydrogens is 218 g/mol. The van der Waals surface area contributed by atoms with Crippen LogP contribution in [0.2, 0.25) is 0 Å². The van der Waals surface area contributed by atoms with Gasteiger partial charge >= 0.3 is 0 Å². The number of aromatic nitrogens is 2. The van der Waals surface area contributed by atoms with Crippen LogP contribution in [0.4, 0.5) is 5.95 Å². The van der Waals surface area contributed by atoms with Crippen molar-refractivity contribution >= 4 is 16.0 Å². The van der Waals surface area contributed by atoms with E-state index in [9.17, 15) is 8.42 Å². The van der Waals surface area contributed by atoms with E-state index in [2.05, 4.69) is 14.7 Å². The van der Waals surface area contributed by atoms with Crippen LogP contribution in [0.15, 0.2) is 18.5 Å². The number of rotatable bonds is 6. The van der Waals surface area contributed by atoms with Crippen LogP contribution in [0.1, 0.15) is 12.8 Å². The van der Waals surface area contributed by atoms with Gasteiger partial charge in [0.15, 0.2) is 0 Å². The Balaban J connectivity index is 2.50. The molecule has 1 aromatic heterocycles. The lowest BCUT2D eigenvalue weighted by molar-refractivity contribution is 0.287. The van der Waals surface area contributed by atoms with Crippen LogP contribution < -0.4 is 4.72 Å². The van der Waals surface area contributed by atoms with Crippen molar-refractivity contribution in [3.8, 4) is 0 Å². The van der Waals surface area contributed by atoms with E-state index < -0.39 is 10.0 Å². The Morgan fingerprint density at radius 1 is 1.27 bits per heavy atom. The van der Waals surface area contributed by atoms with E-state index >= 15 is 0 Å². The zero-order valence-electron chi connectivity index (χ0n) is 8.13. The van der Waals surface area contributed by atoms with Crippen molar-refractivity contribution in [2.24, 2.45) is 0 Å². The van der Waals surface area contributed by atoms with Gasteiger partial charge in [0.25, 0.3) is 0 Å². The first-order valence-electron chi connectivity index (χ1n) is 4.52. The first kappa shape index (κ1) is 11.9. The zero-order chi connectivity index (χ0) is 11.1. The number of hydrogen-bond donors (Lipinski definition) is 2. The minimum Gasteiger partial charge on any atom is -0.396 e. The summed E-state index contributed by atoms with van der Waals surface area (Å²) in [5.74, 6) is 0.0349. The molecule has 2 N–H and O–H groups in total. The van der Waals surface area contributed by atoms with E-state index in [1.54, 1.807) is 6.07 Å². The monoisotopic (exact) mass is 231 g/mol. The number of nitrogens with zero attached hydrogens (tertiary/aromatic N) is 2. The molecule has 0 atom stereocenters. The average Bonchev–Trinajstić information content (AvgIpc) is 2.18. The summed E-state index contributed by atoms with van der Waals surface area (Å²) in [7, 11) is -3.39. The smallest absolute Gasteiger partial charge is 0.236 e. The van der Waals surface area contributed by atoms with Crippen LogP contribution in [-0.4, -0.2) is 35.9 Å². The minimum absolute atomic E-state index is 0.00262. The molecule has 0 unspecified atom stereocenters. The van der Waals surface area contributed by atoms with Gasteiger partial charge < -0.3 is 5.11 Å². The molecule has 7 heteroatoms. The second-order valence-electron chi connectivity index (χ2n) is 2.92. The Kier molecular flexibility index (Phi) is 4.44. The van der Waals surface area contributed by atoms with Crippen molar-refractivity contribution in [2.75, 3.05) is 17.1 Å². The van der Waals surface area contributed by atoms with Crippen LogP contribution in [0.25, 0.3) is 0 Å². The molecule has 0 aromatic carbocycles. The number of aliphatic hydroxyl groups excluding tert-OH is 1. The summed E-state index contributed by atoms with van der Waals surface area (Å²) in [6.45, 7) is -0.00262. The van der Waals surface area contributed by atoms with Gasteiger partial charge in [-0.25, -0.2) is 18.4 Å². The lowest BCUT2D eigenvalue weighted by Gasteiger charge is -2.04. The Morgan fingerprint density at radius 2 is 1.93 bits per heavy atom. The largest absolute Gasteiger partial charge is 0.396 e. The lowest BCUT2D eigenvalue weighted by atomic mass is 10.4. The van der Waals surface area contributed by atoms with Crippen molar-refractivity contribution in [2.45, 2.75) is 12.8 Å². The number of sulfonamides is 1. The number of hydrogen-bond acceptors (Lipinski definition) is 5. The maximum atomic E-state index is 11.4. The highest BCUT2D eigenvalue weighted by Gasteiger charge is 2.10. The molecule has 0 aliphatic rings. The van der Waals surface area contributed by atoms with Crippen molar-refractivity contribution in [3.05, 3.63) is 18.5 Å². The molecule has 0 amide bonds. The summed E-state index contributed by atoms with van der Waals surface area (Å²) < 4.78 is 25.0. The van der Waals surface area contributed by atoms with Gasteiger partial charge in [-0.1, -0.05) is 0 Å². The molecule has 0 spiro atoms. The lowest BCUT2D eigenvalue weighted by Crippen LogP contribution is -2.18. The second kappa shape index (κ2) is 5.62. The third kappa shape index (κ3) is 4.71. The van der Waals surface area contributed by atoms with E-state index in [1.165, 1.54) is 12.4 Å². The first-order chi connectivity index (χ1) is 7.14. The molecular formula is C8H13N3O3S. The molecule has 84 valence electrons. The summed E-state index contributed by atoms with van der Waals surface area (Å²) in [5.41, 5.74) is 0. The Morgan fingerprint density at radius 3 is 2.53 bits per heavy atom. The topological polar surface area (TPSA) is 92.2 Å². The Hall–Kier alpha value is -1.21. The number of unbranched alkanes of at least 4 members (excludes halogenated alkanes) is 1. The van der Waals surface area contributed by atoms with E-state index in [0.717, 1.165) is 0 Å². The highest BCUT2D eigenvalue weighted by Crippen LogP contribution is 2.01. The number of nitrogens with one attached hydrogen (secondary N) is 1. The van der Waals surface area contributed by atoms with Gasteiger partial charge in [-0.05, 0) is 18.9 Å². The highest BCUT2D eigenvalue weighted by molar-refractivity contribution is 7.92. The van der Waals surface area contributed by atoms with E-state index in [4.69, 9.17) is 5.11 Å². The Labute approximate surface area is 88.4 Å². The summed E-state index contributed by atoms with van der Waals surface area (Å²) in [6.07, 6.45) is 3.80. The second-order valence-corrected chi connectivity index (χ2v) is 4.77. The van der Waals surface area contributed by atoms with Crippen LogP contribution in [0.5, 0.6) is 0 Å². The van der Waals surface area contributed by atoms with Crippen molar-refractivity contribution in [3.63, 3.8) is 0 Å². The van der Waals surface area contributed by atoms with Gasteiger partial charge in [0.2, 0.25) is 16.0 Å². The van der Waals surface area contributed by atoms with E-state index in [0.29, 0.717) is 12.8 Å². The van der Waals surface area contributed by atoms with E-state index in [1.807, 2.05) is 0 Å². The summed E-state index contributed by atoms with van der Waals surface area (Å²) in [6, 6.07) is 1.60. The predicted molar refractivity (Wildman–Crippen MR) is 55.8 cm³/mol. The predicted octanol–water partition coefficient (Wildman–Crippen LogP) is -0.00920. The van der Waals surface area contributed by atoms with Crippen molar-refractivity contribution in [1.82, 2.24) is 9.97 Å². The van der Waals surface area contributed by atoms with Gasteiger partial charge in [0.1, 0.15) is 0 Å². The van der Waals surface area contributed by atoms with Crippen LogP contribution in [0.3, 0.4) is 0 Å². The molecule has 1 heterocycles. The summed E-state index contributed by atoms with van der Waals surface area (Å²) in [5, 5.41) is 8.51. The fourth-order valence-corrected chi connectivity index (χ4v) is 2.02. The van der Waals surface area contributed by atoms with Gasteiger partial charge in [0.05, 0.1) is 5.75 Å².